The molecule has 54 heavy (non-hydrogen) atoms. The first-order chi connectivity index (χ1) is 26.7. The van der Waals surface area contributed by atoms with Gasteiger partial charge in [-0.15, -0.1) is 0 Å². The van der Waals surface area contributed by atoms with E-state index < -0.39 is 0 Å². The molecule has 3 heterocycles. The van der Waals surface area contributed by atoms with E-state index in [1.807, 2.05) is 42.5 Å². The number of fused-ring (bicyclic) bond motifs is 7. The highest BCUT2D eigenvalue weighted by Crippen LogP contribution is 2.45. The van der Waals surface area contributed by atoms with Crippen LogP contribution in [0.1, 0.15) is 0 Å². The van der Waals surface area contributed by atoms with Crippen molar-refractivity contribution in [2.45, 2.75) is 0 Å². The summed E-state index contributed by atoms with van der Waals surface area (Å²) in [6.07, 6.45) is 0. The fraction of sp³-hybridized carbons (Fsp3) is 0. The monoisotopic (exact) mass is 691 g/mol. The van der Waals surface area contributed by atoms with E-state index in [2.05, 4.69) is 133 Å². The van der Waals surface area contributed by atoms with E-state index >= 15 is 0 Å². The molecule has 0 N–H and O–H groups in total. The molecule has 11 aromatic rings. The molecule has 252 valence electrons. The highest BCUT2D eigenvalue weighted by molar-refractivity contribution is 6.19. The van der Waals surface area contributed by atoms with Crippen molar-refractivity contribution in [3.05, 3.63) is 176 Å². The third-order valence-electron chi connectivity index (χ3n) is 10.4. The van der Waals surface area contributed by atoms with Crippen LogP contribution in [0.4, 0.5) is 0 Å². The Bertz CT molecular complexity index is 3210. The molecule has 0 saturated carbocycles. The first kappa shape index (κ1) is 30.3. The predicted octanol–water partition coefficient (Wildman–Crippen LogP) is 13.2. The predicted molar refractivity (Wildman–Crippen MR) is 219 cm³/mol. The van der Waals surface area contributed by atoms with E-state index in [9.17, 15) is 0 Å². The Balaban J connectivity index is 1.22. The summed E-state index contributed by atoms with van der Waals surface area (Å²) in [5, 5.41) is 6.32. The molecule has 0 fully saturated rings. The molecule has 5 nitrogen and oxygen atoms in total. The summed E-state index contributed by atoms with van der Waals surface area (Å²) in [6, 6.07) is 60.4. The van der Waals surface area contributed by atoms with Gasteiger partial charge in [-0.05, 0) is 69.4 Å². The lowest BCUT2D eigenvalue weighted by molar-refractivity contribution is 0.669. The van der Waals surface area contributed by atoms with E-state index in [0.29, 0.717) is 17.5 Å². The number of furan rings is 2. The van der Waals surface area contributed by atoms with Gasteiger partial charge in [0.25, 0.3) is 0 Å². The van der Waals surface area contributed by atoms with E-state index in [-0.39, 0.29) is 0 Å². The van der Waals surface area contributed by atoms with Crippen LogP contribution in [-0.4, -0.2) is 15.0 Å². The number of hydrogen-bond acceptors (Lipinski definition) is 5. The molecule has 8 aromatic carbocycles. The SMILES string of the molecule is c1ccc(-c2ccc(-c3nc(-c4ccc5ccccc5c4)nc(-c4c(-c5cccc6oc7ccccc7c56)ccc5oc6ccccc6c45)n3)cc2)cc1. The minimum absolute atomic E-state index is 0.562. The zero-order valence-electron chi connectivity index (χ0n) is 28.9. The Morgan fingerprint density at radius 2 is 0.870 bits per heavy atom. The average molecular weight is 692 g/mol. The molecule has 0 amide bonds. The van der Waals surface area contributed by atoms with Crippen molar-refractivity contribution in [1.82, 2.24) is 15.0 Å². The summed E-state index contributed by atoms with van der Waals surface area (Å²) in [4.78, 5) is 15.8. The Labute approximate surface area is 309 Å². The minimum atomic E-state index is 0.562. The van der Waals surface area contributed by atoms with Gasteiger partial charge in [0.15, 0.2) is 17.5 Å². The highest BCUT2D eigenvalue weighted by Gasteiger charge is 2.24. The average Bonchev–Trinajstić information content (AvgIpc) is 3.82. The topological polar surface area (TPSA) is 65.0 Å². The maximum Gasteiger partial charge on any atom is 0.165 e. The summed E-state index contributed by atoms with van der Waals surface area (Å²) in [7, 11) is 0. The maximum atomic E-state index is 6.49. The largest absolute Gasteiger partial charge is 0.456 e. The van der Waals surface area contributed by atoms with E-state index in [1.165, 1.54) is 0 Å². The molecule has 0 radical (unpaired) electrons. The van der Waals surface area contributed by atoms with Gasteiger partial charge >= 0.3 is 0 Å². The van der Waals surface area contributed by atoms with Crippen LogP contribution in [0, 0.1) is 0 Å². The van der Waals surface area contributed by atoms with Gasteiger partial charge in [0, 0.05) is 38.2 Å². The Morgan fingerprint density at radius 3 is 1.65 bits per heavy atom. The van der Waals surface area contributed by atoms with Gasteiger partial charge in [0.2, 0.25) is 0 Å². The fourth-order valence-electron chi connectivity index (χ4n) is 7.79. The maximum absolute atomic E-state index is 6.49. The van der Waals surface area contributed by atoms with Crippen LogP contribution >= 0.6 is 0 Å². The van der Waals surface area contributed by atoms with Crippen LogP contribution in [0.2, 0.25) is 0 Å². The zero-order valence-corrected chi connectivity index (χ0v) is 28.9. The van der Waals surface area contributed by atoms with Crippen LogP contribution in [0.15, 0.2) is 185 Å². The molecule has 0 saturated heterocycles. The smallest absolute Gasteiger partial charge is 0.165 e. The quantitative estimate of drug-likeness (QED) is 0.180. The minimum Gasteiger partial charge on any atom is -0.456 e. The first-order valence-corrected chi connectivity index (χ1v) is 18.0. The van der Waals surface area contributed by atoms with Gasteiger partial charge in [-0.1, -0.05) is 140 Å². The van der Waals surface area contributed by atoms with E-state index in [1.54, 1.807) is 0 Å². The molecule has 0 bridgehead atoms. The van der Waals surface area contributed by atoms with Crippen molar-refractivity contribution in [2.75, 3.05) is 0 Å². The van der Waals surface area contributed by atoms with Gasteiger partial charge in [0.1, 0.15) is 22.3 Å². The van der Waals surface area contributed by atoms with Crippen molar-refractivity contribution in [3.8, 4) is 56.4 Å². The molecule has 0 aliphatic carbocycles. The van der Waals surface area contributed by atoms with Crippen LogP contribution in [-0.2, 0) is 0 Å². The van der Waals surface area contributed by atoms with Gasteiger partial charge in [-0.2, -0.15) is 0 Å². The molecule has 0 aliphatic rings. The van der Waals surface area contributed by atoms with Crippen LogP contribution < -0.4 is 0 Å². The summed E-state index contributed by atoms with van der Waals surface area (Å²) in [5.41, 5.74) is 10.2. The molecule has 0 aliphatic heterocycles. The van der Waals surface area contributed by atoms with Crippen molar-refractivity contribution in [2.24, 2.45) is 0 Å². The number of hydrogen-bond donors (Lipinski definition) is 0. The molecule has 5 heteroatoms. The summed E-state index contributed by atoms with van der Waals surface area (Å²) in [6.45, 7) is 0. The molecule has 3 aromatic heterocycles. The molecule has 11 rings (SSSR count). The third kappa shape index (κ3) is 4.90. The first-order valence-electron chi connectivity index (χ1n) is 18.0. The summed E-state index contributed by atoms with van der Waals surface area (Å²) in [5.74, 6) is 1.74. The zero-order chi connectivity index (χ0) is 35.6. The van der Waals surface area contributed by atoms with E-state index in [4.69, 9.17) is 23.8 Å². The van der Waals surface area contributed by atoms with Crippen molar-refractivity contribution < 1.29 is 8.83 Å². The number of para-hydroxylation sites is 2. The van der Waals surface area contributed by atoms with Gasteiger partial charge in [-0.3, -0.25) is 0 Å². The van der Waals surface area contributed by atoms with Crippen LogP contribution in [0.25, 0.3) is 111 Å². The Kier molecular flexibility index (Phi) is 6.79. The second-order valence-corrected chi connectivity index (χ2v) is 13.5. The molecular formula is C49H29N3O2. The molecular weight excluding hydrogens is 663 g/mol. The normalized spacial score (nSPS) is 11.7. The molecule has 0 atom stereocenters. The number of rotatable bonds is 5. The Hall–Kier alpha value is -7.37. The highest BCUT2D eigenvalue weighted by atomic mass is 16.3. The van der Waals surface area contributed by atoms with Crippen molar-refractivity contribution in [3.63, 3.8) is 0 Å². The number of aromatic nitrogens is 3. The lowest BCUT2D eigenvalue weighted by Gasteiger charge is -2.14. The summed E-state index contributed by atoms with van der Waals surface area (Å²) < 4.78 is 12.9. The fourth-order valence-corrected chi connectivity index (χ4v) is 7.79. The third-order valence-corrected chi connectivity index (χ3v) is 10.4. The Morgan fingerprint density at radius 1 is 0.315 bits per heavy atom. The van der Waals surface area contributed by atoms with Gasteiger partial charge in [0.05, 0.1) is 0 Å². The van der Waals surface area contributed by atoms with Crippen molar-refractivity contribution >= 4 is 54.6 Å². The number of benzene rings is 8. The lowest BCUT2D eigenvalue weighted by atomic mass is 9.92. The summed E-state index contributed by atoms with van der Waals surface area (Å²) >= 11 is 0. The van der Waals surface area contributed by atoms with Gasteiger partial charge in [-0.25, -0.2) is 15.0 Å². The lowest BCUT2D eigenvalue weighted by Crippen LogP contribution is -2.02. The standard InChI is InChI=1S/C49H29N3O2/c1-2-11-30(12-3-1)32-21-24-33(25-22-32)47-50-48(35-26-23-31-13-4-5-14-34(31)29-35)52-49(51-47)46-37(27-28-43-45(46)39-16-7-9-19-41(39)54-43)36-17-10-20-42-44(36)38-15-6-8-18-40(38)53-42/h1-29H. The van der Waals surface area contributed by atoms with E-state index in [0.717, 1.165) is 93.6 Å². The van der Waals surface area contributed by atoms with Gasteiger partial charge < -0.3 is 8.83 Å². The second-order valence-electron chi connectivity index (χ2n) is 13.5. The molecule has 0 unspecified atom stereocenters. The second kappa shape index (κ2) is 12.1. The van der Waals surface area contributed by atoms with Crippen LogP contribution in [0.5, 0.6) is 0 Å². The van der Waals surface area contributed by atoms with Crippen molar-refractivity contribution in [1.29, 1.82) is 0 Å². The molecule has 0 spiro atoms. The van der Waals surface area contributed by atoms with Crippen LogP contribution in [0.3, 0.4) is 0 Å². The number of nitrogens with zero attached hydrogens (tertiary/aromatic N) is 3.